The van der Waals surface area contributed by atoms with Crippen molar-refractivity contribution >= 4 is 22.5 Å². The first-order valence-corrected chi connectivity index (χ1v) is 5.67. The summed E-state index contributed by atoms with van der Waals surface area (Å²) in [5.41, 5.74) is 1.28. The minimum absolute atomic E-state index is 0.154. The van der Waals surface area contributed by atoms with Crippen LogP contribution in [0, 0.1) is 10.4 Å². The summed E-state index contributed by atoms with van der Waals surface area (Å²) in [4.78, 5) is 3.94. The number of aromatic nitrogens is 3. The van der Waals surface area contributed by atoms with Crippen LogP contribution in [0.2, 0.25) is 0 Å². The maximum absolute atomic E-state index is 12.2. The summed E-state index contributed by atoms with van der Waals surface area (Å²) in [6, 6.07) is 10.1. The third-order valence-electron chi connectivity index (χ3n) is 2.73. The molecule has 0 aliphatic carbocycles. The third-order valence-corrected chi connectivity index (χ3v) is 2.73. The molecule has 0 spiro atoms. The molecule has 0 aliphatic rings. The Balaban J connectivity index is 2.12. The number of benzene rings is 1. The van der Waals surface area contributed by atoms with E-state index < -0.39 is 0 Å². The van der Waals surface area contributed by atoms with Crippen LogP contribution in [0.3, 0.4) is 0 Å². The number of nitrogens with zero attached hydrogens (tertiary/aromatic N) is 3. The highest BCUT2D eigenvalue weighted by molar-refractivity contribution is 5.68. The Bertz CT molecular complexity index is 731. The molecule has 3 aromatic rings. The Morgan fingerprint density at radius 2 is 1.79 bits per heavy atom. The maximum Gasteiger partial charge on any atom is 0.349 e. The number of pyridine rings is 1. The molecule has 3 rings (SSSR count). The van der Waals surface area contributed by atoms with E-state index >= 15 is 0 Å². The van der Waals surface area contributed by atoms with E-state index in [2.05, 4.69) is 10.3 Å². The third kappa shape index (κ3) is 1.99. The predicted molar refractivity (Wildman–Crippen MR) is 69.4 cm³/mol. The van der Waals surface area contributed by atoms with Gasteiger partial charge in [0.1, 0.15) is 5.69 Å². The quantitative estimate of drug-likeness (QED) is 0.551. The smallest absolute Gasteiger partial charge is 0.349 e. The van der Waals surface area contributed by atoms with Crippen molar-refractivity contribution in [3.8, 4) is 0 Å². The Hall–Kier alpha value is -2.89. The van der Waals surface area contributed by atoms with Crippen LogP contribution in [0.4, 0.5) is 11.5 Å². The number of rotatable bonds is 2. The van der Waals surface area contributed by atoms with Gasteiger partial charge in [-0.1, -0.05) is 12.1 Å². The SMILES string of the molecule is [O-][n+]1cc(Nc2cccnc2)[n+]([O-])c2ccccc21. The number of para-hydroxylation sites is 2. The normalized spacial score (nSPS) is 10.5. The van der Waals surface area contributed by atoms with Gasteiger partial charge >= 0.3 is 5.82 Å². The predicted octanol–water partition coefficient (Wildman–Crippen LogP) is 1.25. The fraction of sp³-hybridized carbons (Fsp3) is 0. The molecule has 6 heteroatoms. The Labute approximate surface area is 108 Å². The van der Waals surface area contributed by atoms with Crippen LogP contribution in [-0.4, -0.2) is 4.98 Å². The lowest BCUT2D eigenvalue weighted by Crippen LogP contribution is -2.39. The summed E-state index contributed by atoms with van der Waals surface area (Å²) >= 11 is 0. The van der Waals surface area contributed by atoms with Gasteiger partial charge in [-0.3, -0.25) is 4.98 Å². The summed E-state index contributed by atoms with van der Waals surface area (Å²) in [5.74, 6) is 0.154. The zero-order chi connectivity index (χ0) is 13.2. The summed E-state index contributed by atoms with van der Waals surface area (Å²) in [6.07, 6.45) is 4.41. The average Bonchev–Trinajstić information content (AvgIpc) is 2.46. The van der Waals surface area contributed by atoms with Crippen LogP contribution in [0.5, 0.6) is 0 Å². The first-order chi connectivity index (χ1) is 9.25. The molecular formula is C13H10N4O2. The highest BCUT2D eigenvalue weighted by Gasteiger charge is 2.16. The first kappa shape index (κ1) is 11.2. The van der Waals surface area contributed by atoms with Crippen molar-refractivity contribution in [2.75, 3.05) is 5.32 Å². The van der Waals surface area contributed by atoms with Crippen molar-refractivity contribution in [1.29, 1.82) is 0 Å². The lowest BCUT2D eigenvalue weighted by molar-refractivity contribution is -0.618. The fourth-order valence-electron chi connectivity index (χ4n) is 1.85. The second kappa shape index (κ2) is 4.41. The van der Waals surface area contributed by atoms with E-state index in [4.69, 9.17) is 0 Å². The topological polar surface area (TPSA) is 78.8 Å². The number of anilines is 2. The van der Waals surface area contributed by atoms with Crippen LogP contribution < -0.4 is 14.8 Å². The first-order valence-electron chi connectivity index (χ1n) is 5.67. The molecule has 0 saturated carbocycles. The molecule has 94 valence electrons. The van der Waals surface area contributed by atoms with E-state index in [1.165, 1.54) is 6.20 Å². The molecule has 1 aromatic carbocycles. The molecule has 0 saturated heterocycles. The van der Waals surface area contributed by atoms with Gasteiger partial charge in [0.2, 0.25) is 5.52 Å². The number of nitrogens with one attached hydrogen (secondary N) is 1. The lowest BCUT2D eigenvalue weighted by Gasteiger charge is -2.11. The second-order valence-corrected chi connectivity index (χ2v) is 3.99. The van der Waals surface area contributed by atoms with Gasteiger partial charge in [-0.15, -0.1) is 0 Å². The van der Waals surface area contributed by atoms with E-state index in [0.29, 0.717) is 26.2 Å². The molecule has 6 nitrogen and oxygen atoms in total. The Morgan fingerprint density at radius 3 is 2.53 bits per heavy atom. The largest absolute Gasteiger partial charge is 0.710 e. The van der Waals surface area contributed by atoms with Crippen LogP contribution >= 0.6 is 0 Å². The van der Waals surface area contributed by atoms with Crippen molar-refractivity contribution in [3.05, 3.63) is 65.4 Å². The minimum atomic E-state index is 0.154. The van der Waals surface area contributed by atoms with Gasteiger partial charge in [0, 0.05) is 12.3 Å². The van der Waals surface area contributed by atoms with Gasteiger partial charge in [-0.05, 0) is 18.2 Å². The lowest BCUT2D eigenvalue weighted by atomic mass is 10.3. The van der Waals surface area contributed by atoms with Crippen molar-refractivity contribution in [2.45, 2.75) is 0 Å². The molecule has 19 heavy (non-hydrogen) atoms. The second-order valence-electron chi connectivity index (χ2n) is 3.99. The molecule has 0 aliphatic heterocycles. The summed E-state index contributed by atoms with van der Waals surface area (Å²) in [5, 5.41) is 26.9. The van der Waals surface area contributed by atoms with E-state index in [0.717, 1.165) is 0 Å². The van der Waals surface area contributed by atoms with E-state index in [1.54, 1.807) is 48.8 Å². The molecule has 2 aromatic heterocycles. The number of hydrogen-bond acceptors (Lipinski definition) is 4. The van der Waals surface area contributed by atoms with Gasteiger partial charge in [-0.25, -0.2) is 10.0 Å². The van der Waals surface area contributed by atoms with Crippen molar-refractivity contribution in [1.82, 2.24) is 4.98 Å². The van der Waals surface area contributed by atoms with Gasteiger partial charge in [0.05, 0.1) is 6.20 Å². The molecule has 0 unspecified atom stereocenters. The number of hydrogen-bond donors (Lipinski definition) is 1. The zero-order valence-corrected chi connectivity index (χ0v) is 9.85. The molecule has 0 amide bonds. The molecule has 0 radical (unpaired) electrons. The summed E-state index contributed by atoms with van der Waals surface area (Å²) in [7, 11) is 0. The summed E-state index contributed by atoms with van der Waals surface area (Å²) < 4.78 is 1.36. The van der Waals surface area contributed by atoms with Crippen LogP contribution in [-0.2, 0) is 0 Å². The van der Waals surface area contributed by atoms with Gasteiger partial charge in [0.25, 0.3) is 11.7 Å². The number of fused-ring (bicyclic) bond motifs is 1. The highest BCUT2D eigenvalue weighted by atomic mass is 16.5. The van der Waals surface area contributed by atoms with Gasteiger partial charge in [-0.2, -0.15) is 4.73 Å². The van der Waals surface area contributed by atoms with E-state index in [1.807, 2.05) is 0 Å². The zero-order valence-electron chi connectivity index (χ0n) is 9.85. The standard InChI is InChI=1S/C13H10N4O2/c18-16-9-13(15-10-4-3-7-14-8-10)17(19)12-6-2-1-5-11(12)16/h1-9,15H. The van der Waals surface area contributed by atoms with Crippen LogP contribution in [0.15, 0.2) is 55.0 Å². The van der Waals surface area contributed by atoms with Crippen LogP contribution in [0.25, 0.3) is 11.0 Å². The average molecular weight is 254 g/mol. The molecule has 0 bridgehead atoms. The molecule has 1 N–H and O–H groups in total. The van der Waals surface area contributed by atoms with Crippen molar-refractivity contribution in [2.24, 2.45) is 0 Å². The molecular weight excluding hydrogens is 244 g/mol. The van der Waals surface area contributed by atoms with Crippen molar-refractivity contribution < 1.29 is 9.46 Å². The molecule has 0 atom stereocenters. The van der Waals surface area contributed by atoms with Crippen molar-refractivity contribution in [3.63, 3.8) is 0 Å². The van der Waals surface area contributed by atoms with E-state index in [9.17, 15) is 10.4 Å². The van der Waals surface area contributed by atoms with Gasteiger partial charge in [0.15, 0.2) is 0 Å². The highest BCUT2D eigenvalue weighted by Crippen LogP contribution is 2.12. The minimum Gasteiger partial charge on any atom is -0.710 e. The van der Waals surface area contributed by atoms with Gasteiger partial charge < -0.3 is 10.4 Å². The maximum atomic E-state index is 12.2. The monoisotopic (exact) mass is 254 g/mol. The fourth-order valence-corrected chi connectivity index (χ4v) is 1.85. The van der Waals surface area contributed by atoms with Crippen LogP contribution in [0.1, 0.15) is 0 Å². The molecule has 2 heterocycles. The summed E-state index contributed by atoms with van der Waals surface area (Å²) in [6.45, 7) is 0. The molecule has 0 fully saturated rings. The Morgan fingerprint density at radius 1 is 1.00 bits per heavy atom. The Kier molecular flexibility index (Phi) is 2.60. The van der Waals surface area contributed by atoms with E-state index in [-0.39, 0.29) is 5.82 Å².